The van der Waals surface area contributed by atoms with E-state index >= 15 is 0 Å². The van der Waals surface area contributed by atoms with Gasteiger partial charge in [0, 0.05) is 55.8 Å². The molecule has 3 aliphatic rings. The Balaban J connectivity index is 1.12. The summed E-state index contributed by atoms with van der Waals surface area (Å²) in [4.78, 5) is 41.3. The smallest absolute Gasteiger partial charge is 0.247 e. The molecule has 3 amide bonds. The number of nitrogens with one attached hydrogen (secondary N) is 3. The molecule has 0 aromatic heterocycles. The minimum absolute atomic E-state index is 0.0305. The first-order valence-electron chi connectivity index (χ1n) is 16.5. The van der Waals surface area contributed by atoms with Gasteiger partial charge in [0.05, 0.1) is 25.5 Å². The lowest BCUT2D eigenvalue weighted by molar-refractivity contribution is -0.253. The molecule has 0 aliphatic carbocycles. The van der Waals surface area contributed by atoms with Crippen molar-refractivity contribution in [3.8, 4) is 0 Å². The lowest BCUT2D eigenvalue weighted by atomic mass is 9.85. The van der Waals surface area contributed by atoms with Gasteiger partial charge in [0.2, 0.25) is 17.7 Å². The van der Waals surface area contributed by atoms with Crippen molar-refractivity contribution in [3.63, 3.8) is 0 Å². The van der Waals surface area contributed by atoms with Crippen LogP contribution in [0.1, 0.15) is 67.6 Å². The minimum Gasteiger partial charge on any atom is -0.392 e. The number of amides is 3. The molecule has 12 heteroatoms. The summed E-state index contributed by atoms with van der Waals surface area (Å²) in [6.07, 6.45) is 1.59. The number of anilines is 2. The van der Waals surface area contributed by atoms with Gasteiger partial charge in [-0.3, -0.25) is 19.6 Å². The molecule has 0 unspecified atom stereocenters. The number of benzene rings is 3. The van der Waals surface area contributed by atoms with Crippen molar-refractivity contribution in [2.24, 2.45) is 0 Å². The second-order valence-corrected chi connectivity index (χ2v) is 12.7. The average Bonchev–Trinajstić information content (AvgIpc) is 3.44. The van der Waals surface area contributed by atoms with Gasteiger partial charge in [0.1, 0.15) is 5.54 Å². The number of rotatable bonds is 11. The van der Waals surface area contributed by atoms with Crippen LogP contribution in [0.3, 0.4) is 0 Å². The van der Waals surface area contributed by atoms with Crippen LogP contribution >= 0.6 is 0 Å². The van der Waals surface area contributed by atoms with E-state index in [2.05, 4.69) is 32.6 Å². The molecule has 6 rings (SSSR count). The third-order valence-corrected chi connectivity index (χ3v) is 9.56. The van der Waals surface area contributed by atoms with Crippen LogP contribution in [0.25, 0.3) is 0 Å². The fraction of sp³-hybridized carbons (Fsp3) is 0.417. The van der Waals surface area contributed by atoms with E-state index in [1.807, 2.05) is 54.6 Å². The van der Waals surface area contributed by atoms with Crippen molar-refractivity contribution >= 4 is 29.1 Å². The van der Waals surface area contributed by atoms with Gasteiger partial charge >= 0.3 is 0 Å². The third-order valence-electron chi connectivity index (χ3n) is 9.56. The zero-order valence-corrected chi connectivity index (χ0v) is 26.8. The summed E-state index contributed by atoms with van der Waals surface area (Å²) in [5.41, 5.74) is 5.32. The Morgan fingerprint density at radius 2 is 1.58 bits per heavy atom. The SMILES string of the molecule is O=C(CCCC(=O)Nc1ccc([C@@H]2O[C@H](CN3CCC4(CC3)C(=O)NCN4c3ccccc3)C[C@H](c3ccc(CO)cc3)O2)cc1)NO. The van der Waals surface area contributed by atoms with Gasteiger partial charge in [-0.1, -0.05) is 54.6 Å². The number of hydrogen-bond acceptors (Lipinski definition) is 9. The normalized spacial score (nSPS) is 22.3. The van der Waals surface area contributed by atoms with E-state index in [9.17, 15) is 19.5 Å². The molecule has 3 heterocycles. The zero-order valence-electron chi connectivity index (χ0n) is 26.8. The van der Waals surface area contributed by atoms with E-state index in [0.717, 1.165) is 35.5 Å². The Hall–Kier alpha value is -4.33. The van der Waals surface area contributed by atoms with Crippen molar-refractivity contribution in [1.29, 1.82) is 0 Å². The van der Waals surface area contributed by atoms with Gasteiger partial charge in [0.15, 0.2) is 6.29 Å². The number of carbonyl (C=O) groups is 3. The monoisotopic (exact) mass is 657 g/mol. The molecule has 3 fully saturated rings. The highest BCUT2D eigenvalue weighted by Gasteiger charge is 2.50. The lowest BCUT2D eigenvalue weighted by Gasteiger charge is -2.45. The highest BCUT2D eigenvalue weighted by atomic mass is 16.7. The Labute approximate surface area is 280 Å². The number of piperidine rings is 1. The number of aliphatic hydroxyl groups excluding tert-OH is 1. The molecule has 0 radical (unpaired) electrons. The van der Waals surface area contributed by atoms with Gasteiger partial charge in [-0.15, -0.1) is 0 Å². The Morgan fingerprint density at radius 1 is 0.896 bits per heavy atom. The molecular weight excluding hydrogens is 614 g/mol. The average molecular weight is 658 g/mol. The number of aliphatic hydroxyl groups is 1. The van der Waals surface area contributed by atoms with Gasteiger partial charge in [0.25, 0.3) is 0 Å². The second kappa shape index (κ2) is 15.3. The lowest BCUT2D eigenvalue weighted by Crippen LogP contribution is -2.57. The highest BCUT2D eigenvalue weighted by Crippen LogP contribution is 2.40. The topological polar surface area (TPSA) is 153 Å². The molecule has 1 spiro atoms. The van der Waals surface area contributed by atoms with Crippen molar-refractivity contribution in [2.45, 2.75) is 69.2 Å². The first-order valence-corrected chi connectivity index (χ1v) is 16.5. The van der Waals surface area contributed by atoms with Crippen LogP contribution in [0.15, 0.2) is 78.9 Å². The van der Waals surface area contributed by atoms with Crippen LogP contribution < -0.4 is 21.0 Å². The number of hydrogen-bond donors (Lipinski definition) is 5. The maximum Gasteiger partial charge on any atom is 0.247 e. The fourth-order valence-electron chi connectivity index (χ4n) is 6.87. The largest absolute Gasteiger partial charge is 0.392 e. The molecular formula is C36H43N5O7. The first-order chi connectivity index (χ1) is 23.4. The summed E-state index contributed by atoms with van der Waals surface area (Å²) >= 11 is 0. The Bertz CT molecular complexity index is 1550. The quantitative estimate of drug-likeness (QED) is 0.153. The summed E-state index contributed by atoms with van der Waals surface area (Å²) in [5.74, 6) is -0.662. The Morgan fingerprint density at radius 3 is 2.27 bits per heavy atom. The molecule has 3 saturated heterocycles. The van der Waals surface area contributed by atoms with Crippen molar-refractivity contribution < 1.29 is 34.2 Å². The summed E-state index contributed by atoms with van der Waals surface area (Å²) in [6, 6.07) is 25.2. The minimum atomic E-state index is -0.640. The van der Waals surface area contributed by atoms with E-state index in [0.29, 0.717) is 44.6 Å². The van der Waals surface area contributed by atoms with E-state index in [-0.39, 0.29) is 43.5 Å². The van der Waals surface area contributed by atoms with Crippen molar-refractivity contribution in [2.75, 3.05) is 36.5 Å². The number of likely N-dealkylation sites (tertiary alicyclic amines) is 1. The summed E-state index contributed by atoms with van der Waals surface area (Å²) in [6.45, 7) is 2.69. The number of hydroxylamine groups is 1. The van der Waals surface area contributed by atoms with E-state index in [1.165, 1.54) is 0 Å². The zero-order chi connectivity index (χ0) is 33.5. The summed E-state index contributed by atoms with van der Waals surface area (Å²) in [5, 5.41) is 24.1. The molecule has 12 nitrogen and oxygen atoms in total. The van der Waals surface area contributed by atoms with Crippen LogP contribution in [0, 0.1) is 0 Å². The number of ether oxygens (including phenoxy) is 2. The predicted molar refractivity (Wildman–Crippen MR) is 178 cm³/mol. The van der Waals surface area contributed by atoms with Crippen LogP contribution in [0.2, 0.25) is 0 Å². The number of carbonyl (C=O) groups excluding carboxylic acids is 3. The molecule has 3 aromatic carbocycles. The van der Waals surface area contributed by atoms with Gasteiger partial charge in [-0.05, 0) is 54.7 Å². The second-order valence-electron chi connectivity index (χ2n) is 12.7. The maximum absolute atomic E-state index is 13.2. The third kappa shape index (κ3) is 7.69. The molecule has 254 valence electrons. The molecule has 48 heavy (non-hydrogen) atoms. The fourth-order valence-corrected chi connectivity index (χ4v) is 6.87. The van der Waals surface area contributed by atoms with Gasteiger partial charge in [-0.25, -0.2) is 5.48 Å². The molecule has 3 atom stereocenters. The standard InChI is InChI=1S/C36H43N5O7/c42-23-25-9-11-26(12-10-25)31-21-30(22-40-19-17-36(18-20-40)35(45)37-24-41(36)29-5-2-1-3-6-29)47-34(48-31)27-13-15-28(16-14-27)38-32(43)7-4-8-33(44)39-46/h1-3,5-6,9-16,30-31,34,42,46H,4,7-8,17-24H2,(H,37,45)(H,38,43)(H,39,44)/t30-,31+,34+/m0/s1. The Kier molecular flexibility index (Phi) is 10.7. The van der Waals surface area contributed by atoms with Crippen LogP contribution in [-0.2, 0) is 30.5 Å². The predicted octanol–water partition coefficient (Wildman–Crippen LogP) is 3.77. The van der Waals surface area contributed by atoms with Crippen LogP contribution in [0.4, 0.5) is 11.4 Å². The van der Waals surface area contributed by atoms with Crippen molar-refractivity contribution in [3.05, 3.63) is 95.6 Å². The van der Waals surface area contributed by atoms with E-state index in [1.54, 1.807) is 17.6 Å². The van der Waals surface area contributed by atoms with E-state index < -0.39 is 17.7 Å². The molecule has 0 bridgehead atoms. The van der Waals surface area contributed by atoms with Crippen LogP contribution in [0.5, 0.6) is 0 Å². The van der Waals surface area contributed by atoms with Crippen LogP contribution in [-0.4, -0.2) is 70.9 Å². The molecule has 0 saturated carbocycles. The molecule has 5 N–H and O–H groups in total. The van der Waals surface area contributed by atoms with Gasteiger partial charge < -0.3 is 35.0 Å². The van der Waals surface area contributed by atoms with E-state index in [4.69, 9.17) is 14.7 Å². The number of para-hydroxylation sites is 1. The summed E-state index contributed by atoms with van der Waals surface area (Å²) < 4.78 is 13.1. The maximum atomic E-state index is 13.2. The first kappa shape index (κ1) is 33.6. The molecule has 3 aliphatic heterocycles. The highest BCUT2D eigenvalue weighted by molar-refractivity contribution is 5.93. The van der Waals surface area contributed by atoms with Gasteiger partial charge in [-0.2, -0.15) is 0 Å². The molecule has 3 aromatic rings. The number of nitrogens with zero attached hydrogens (tertiary/aromatic N) is 2. The summed E-state index contributed by atoms with van der Waals surface area (Å²) in [7, 11) is 0. The van der Waals surface area contributed by atoms with Crippen molar-refractivity contribution in [1.82, 2.24) is 15.7 Å².